The van der Waals surface area contributed by atoms with E-state index in [0.717, 1.165) is 12.3 Å². The Kier molecular flexibility index (Phi) is 3.88. The average Bonchev–Trinajstić information content (AvgIpc) is 2.47. The highest BCUT2D eigenvalue weighted by Gasteiger charge is 2.27. The van der Waals surface area contributed by atoms with Crippen molar-refractivity contribution in [1.82, 2.24) is 5.32 Å². The third kappa shape index (κ3) is 2.78. The van der Waals surface area contributed by atoms with Crippen LogP contribution in [0.4, 0.5) is 0 Å². The number of fused-ring (bicyclic) bond motifs is 1. The normalized spacial score (nSPS) is 21.8. The average molecular weight is 265 g/mol. The Labute approximate surface area is 122 Å². The van der Waals surface area contributed by atoms with Crippen LogP contribution in [-0.2, 0) is 6.42 Å². The molecule has 1 aliphatic rings. The van der Waals surface area contributed by atoms with Gasteiger partial charge in [-0.3, -0.25) is 0 Å². The van der Waals surface area contributed by atoms with Crippen molar-refractivity contribution in [2.75, 3.05) is 0 Å². The van der Waals surface area contributed by atoms with E-state index in [0.29, 0.717) is 12.1 Å². The smallest absolute Gasteiger partial charge is 0.0581 e. The van der Waals surface area contributed by atoms with E-state index in [1.807, 2.05) is 0 Å². The summed E-state index contributed by atoms with van der Waals surface area (Å²) in [5, 5.41) is 3.86. The molecule has 0 saturated carbocycles. The fraction of sp³-hybridized carbons (Fsp3) is 0.368. The highest BCUT2D eigenvalue weighted by Crippen LogP contribution is 2.31. The first-order valence-corrected chi connectivity index (χ1v) is 7.63. The van der Waals surface area contributed by atoms with Crippen LogP contribution in [0.15, 0.2) is 54.6 Å². The predicted octanol–water partition coefficient (Wildman–Crippen LogP) is 4.34. The maximum absolute atomic E-state index is 3.86. The first-order chi connectivity index (χ1) is 9.74. The molecule has 2 unspecified atom stereocenters. The highest BCUT2D eigenvalue weighted by molar-refractivity contribution is 5.40. The van der Waals surface area contributed by atoms with Crippen LogP contribution in [-0.4, -0.2) is 6.04 Å². The molecule has 2 aromatic carbocycles. The summed E-state index contributed by atoms with van der Waals surface area (Å²) in [6.45, 7) is 4.61. The number of benzene rings is 2. The first-order valence-electron chi connectivity index (χ1n) is 7.63. The molecule has 0 amide bonds. The standard InChI is InChI=1S/C19H23N/c1-14(2)12-17-13-16-10-6-7-11-18(16)19(20-17)15-8-4-3-5-9-15/h3-11,14,17,19-20H,12-13H2,1-2H3. The minimum Gasteiger partial charge on any atom is -0.303 e. The SMILES string of the molecule is CC(C)CC1Cc2ccccc2C(c2ccccc2)N1. The van der Waals surface area contributed by atoms with E-state index in [-0.39, 0.29) is 0 Å². The summed E-state index contributed by atoms with van der Waals surface area (Å²) >= 11 is 0. The summed E-state index contributed by atoms with van der Waals surface area (Å²) in [6.07, 6.45) is 2.38. The van der Waals surface area contributed by atoms with Crippen molar-refractivity contribution in [3.8, 4) is 0 Å². The summed E-state index contributed by atoms with van der Waals surface area (Å²) in [5.41, 5.74) is 4.32. The van der Waals surface area contributed by atoms with E-state index in [4.69, 9.17) is 0 Å². The van der Waals surface area contributed by atoms with Crippen LogP contribution in [0.1, 0.15) is 43.0 Å². The molecule has 1 heterocycles. The second-order valence-electron chi connectivity index (χ2n) is 6.24. The number of rotatable bonds is 3. The van der Waals surface area contributed by atoms with E-state index in [1.54, 1.807) is 0 Å². The zero-order valence-corrected chi connectivity index (χ0v) is 12.3. The molecule has 0 bridgehead atoms. The monoisotopic (exact) mass is 265 g/mol. The second kappa shape index (κ2) is 5.80. The van der Waals surface area contributed by atoms with Gasteiger partial charge in [0.2, 0.25) is 0 Å². The minimum atomic E-state index is 0.338. The zero-order chi connectivity index (χ0) is 13.9. The molecule has 3 rings (SSSR count). The lowest BCUT2D eigenvalue weighted by Gasteiger charge is -2.34. The van der Waals surface area contributed by atoms with Gasteiger partial charge in [-0.2, -0.15) is 0 Å². The molecule has 1 heteroatoms. The lowest BCUT2D eigenvalue weighted by atomic mass is 9.84. The Morgan fingerprint density at radius 1 is 1.00 bits per heavy atom. The molecule has 104 valence electrons. The van der Waals surface area contributed by atoms with E-state index < -0.39 is 0 Å². The van der Waals surface area contributed by atoms with Gasteiger partial charge >= 0.3 is 0 Å². The third-order valence-corrected chi connectivity index (χ3v) is 4.12. The topological polar surface area (TPSA) is 12.0 Å². The Morgan fingerprint density at radius 3 is 2.45 bits per heavy atom. The van der Waals surface area contributed by atoms with Crippen molar-refractivity contribution < 1.29 is 0 Å². The molecule has 0 aromatic heterocycles. The van der Waals surface area contributed by atoms with Gasteiger partial charge in [0.05, 0.1) is 6.04 Å². The van der Waals surface area contributed by atoms with Crippen molar-refractivity contribution in [1.29, 1.82) is 0 Å². The van der Waals surface area contributed by atoms with Gasteiger partial charge in [-0.25, -0.2) is 0 Å². The molecule has 2 atom stereocenters. The molecule has 1 N–H and O–H groups in total. The fourth-order valence-corrected chi connectivity index (χ4v) is 3.29. The second-order valence-corrected chi connectivity index (χ2v) is 6.24. The molecule has 0 fully saturated rings. The van der Waals surface area contributed by atoms with Crippen molar-refractivity contribution in [3.05, 3.63) is 71.3 Å². The van der Waals surface area contributed by atoms with Crippen molar-refractivity contribution in [2.24, 2.45) is 5.92 Å². The summed E-state index contributed by atoms with van der Waals surface area (Å²) in [6, 6.07) is 20.6. The molecular weight excluding hydrogens is 242 g/mol. The zero-order valence-electron chi connectivity index (χ0n) is 12.3. The third-order valence-electron chi connectivity index (χ3n) is 4.12. The Morgan fingerprint density at radius 2 is 1.70 bits per heavy atom. The van der Waals surface area contributed by atoms with Crippen LogP contribution in [0.2, 0.25) is 0 Å². The molecule has 1 aliphatic heterocycles. The van der Waals surface area contributed by atoms with Gasteiger partial charge in [-0.1, -0.05) is 68.4 Å². The number of hydrogen-bond donors (Lipinski definition) is 1. The summed E-state index contributed by atoms with van der Waals surface area (Å²) in [7, 11) is 0. The summed E-state index contributed by atoms with van der Waals surface area (Å²) in [4.78, 5) is 0. The maximum atomic E-state index is 3.86. The Bertz CT molecular complexity index is 559. The van der Waals surface area contributed by atoms with E-state index >= 15 is 0 Å². The molecule has 20 heavy (non-hydrogen) atoms. The van der Waals surface area contributed by atoms with E-state index in [9.17, 15) is 0 Å². The molecule has 1 nitrogen and oxygen atoms in total. The van der Waals surface area contributed by atoms with Crippen LogP contribution in [0.25, 0.3) is 0 Å². The van der Waals surface area contributed by atoms with Crippen molar-refractivity contribution in [2.45, 2.75) is 38.8 Å². The van der Waals surface area contributed by atoms with Gasteiger partial charge in [-0.15, -0.1) is 0 Å². The number of hydrogen-bond acceptors (Lipinski definition) is 1. The van der Waals surface area contributed by atoms with E-state index in [1.165, 1.54) is 23.1 Å². The molecule has 2 aromatic rings. The van der Waals surface area contributed by atoms with Crippen LogP contribution in [0, 0.1) is 5.92 Å². The molecule has 0 radical (unpaired) electrons. The molecular formula is C19H23N. The Hall–Kier alpha value is -1.60. The van der Waals surface area contributed by atoms with Gasteiger partial charge in [-0.05, 0) is 35.4 Å². The minimum absolute atomic E-state index is 0.338. The summed E-state index contributed by atoms with van der Waals surface area (Å²) in [5.74, 6) is 0.731. The van der Waals surface area contributed by atoms with Crippen LogP contribution < -0.4 is 5.32 Å². The van der Waals surface area contributed by atoms with Crippen LogP contribution >= 0.6 is 0 Å². The fourth-order valence-electron chi connectivity index (χ4n) is 3.29. The van der Waals surface area contributed by atoms with Crippen LogP contribution in [0.5, 0.6) is 0 Å². The van der Waals surface area contributed by atoms with Gasteiger partial charge in [0, 0.05) is 6.04 Å². The summed E-state index contributed by atoms with van der Waals surface area (Å²) < 4.78 is 0. The van der Waals surface area contributed by atoms with Gasteiger partial charge in [0.15, 0.2) is 0 Å². The quantitative estimate of drug-likeness (QED) is 0.870. The van der Waals surface area contributed by atoms with Crippen LogP contribution in [0.3, 0.4) is 0 Å². The maximum Gasteiger partial charge on any atom is 0.0581 e. The lowest BCUT2D eigenvalue weighted by molar-refractivity contribution is 0.373. The highest BCUT2D eigenvalue weighted by atomic mass is 15.0. The van der Waals surface area contributed by atoms with Gasteiger partial charge < -0.3 is 5.32 Å². The predicted molar refractivity (Wildman–Crippen MR) is 84.8 cm³/mol. The van der Waals surface area contributed by atoms with E-state index in [2.05, 4.69) is 73.8 Å². The molecule has 0 spiro atoms. The van der Waals surface area contributed by atoms with Gasteiger partial charge in [0.25, 0.3) is 0 Å². The Balaban J connectivity index is 1.95. The van der Waals surface area contributed by atoms with Crippen molar-refractivity contribution in [3.63, 3.8) is 0 Å². The van der Waals surface area contributed by atoms with Crippen molar-refractivity contribution >= 4 is 0 Å². The largest absolute Gasteiger partial charge is 0.303 e. The lowest BCUT2D eigenvalue weighted by Crippen LogP contribution is -2.40. The number of nitrogens with one attached hydrogen (secondary N) is 1. The first kappa shape index (κ1) is 13.4. The van der Waals surface area contributed by atoms with Gasteiger partial charge in [0.1, 0.15) is 0 Å². The molecule has 0 aliphatic carbocycles. The molecule has 0 saturated heterocycles.